The van der Waals surface area contributed by atoms with Crippen molar-refractivity contribution in [2.75, 3.05) is 5.43 Å². The molecule has 0 aliphatic heterocycles. The van der Waals surface area contributed by atoms with Gasteiger partial charge in [-0.05, 0) is 17.7 Å². The van der Waals surface area contributed by atoms with E-state index < -0.39 is 23.6 Å². The zero-order valence-corrected chi connectivity index (χ0v) is 14.8. The van der Waals surface area contributed by atoms with Crippen LogP contribution in [0.4, 0.5) is 13.2 Å². The molecule has 1 amide bonds. The number of aromatic nitrogens is 2. The van der Waals surface area contributed by atoms with E-state index in [4.69, 9.17) is 0 Å². The largest absolute Gasteiger partial charge is 0.573 e. The summed E-state index contributed by atoms with van der Waals surface area (Å²) < 4.78 is 42.8. The van der Waals surface area contributed by atoms with E-state index in [1.54, 1.807) is 31.2 Å². The van der Waals surface area contributed by atoms with Crippen molar-refractivity contribution in [3.63, 3.8) is 0 Å². The molecule has 0 spiro atoms. The van der Waals surface area contributed by atoms with Crippen molar-refractivity contribution in [3.05, 3.63) is 70.3 Å². The summed E-state index contributed by atoms with van der Waals surface area (Å²) in [5.74, 6) is -0.913. The van der Waals surface area contributed by atoms with Crippen LogP contribution in [-0.2, 0) is 17.6 Å². The van der Waals surface area contributed by atoms with Crippen LogP contribution in [0.15, 0.2) is 53.3 Å². The summed E-state index contributed by atoms with van der Waals surface area (Å²) in [7, 11) is 0. The molecule has 0 aliphatic rings. The van der Waals surface area contributed by atoms with Gasteiger partial charge in [-0.1, -0.05) is 43.3 Å². The fourth-order valence-electron chi connectivity index (χ4n) is 2.73. The van der Waals surface area contributed by atoms with Crippen LogP contribution in [0.25, 0.3) is 10.9 Å². The summed E-state index contributed by atoms with van der Waals surface area (Å²) in [6, 6.07) is 12.6. The predicted octanol–water partition coefficient (Wildman–Crippen LogP) is 3.17. The second-order valence-electron chi connectivity index (χ2n) is 5.92. The Kier molecular flexibility index (Phi) is 5.34. The number of fused-ring (bicyclic) bond motifs is 1. The number of amides is 1. The Bertz CT molecular complexity index is 1060. The molecule has 2 aromatic carbocycles. The van der Waals surface area contributed by atoms with Crippen molar-refractivity contribution < 1.29 is 22.7 Å². The maximum Gasteiger partial charge on any atom is 0.573 e. The lowest BCUT2D eigenvalue weighted by Crippen LogP contribution is -2.37. The van der Waals surface area contributed by atoms with Crippen molar-refractivity contribution >= 4 is 16.8 Å². The van der Waals surface area contributed by atoms with E-state index in [9.17, 15) is 22.8 Å². The number of nitrogens with one attached hydrogen (secondary N) is 1. The molecule has 0 bridgehead atoms. The molecular formula is C19H16F3N3O3. The molecule has 6 nitrogen and oxygen atoms in total. The maximum atomic E-state index is 12.8. The molecule has 1 N–H and O–H groups in total. The molecule has 3 aromatic rings. The molecule has 146 valence electrons. The number of ether oxygens (including phenoxy) is 1. The van der Waals surface area contributed by atoms with E-state index in [1.807, 2.05) is 6.07 Å². The summed E-state index contributed by atoms with van der Waals surface area (Å²) in [6.45, 7) is 1.67. The van der Waals surface area contributed by atoms with Gasteiger partial charge in [0.25, 0.3) is 5.56 Å². The van der Waals surface area contributed by atoms with Gasteiger partial charge in [-0.15, -0.1) is 13.2 Å². The van der Waals surface area contributed by atoms with Crippen LogP contribution in [0.2, 0.25) is 0 Å². The van der Waals surface area contributed by atoms with Gasteiger partial charge in [0.1, 0.15) is 11.3 Å². The molecule has 1 heterocycles. The minimum absolute atomic E-state index is 0.0334. The third-order valence-corrected chi connectivity index (χ3v) is 3.92. The van der Waals surface area contributed by atoms with Gasteiger partial charge >= 0.3 is 6.36 Å². The molecule has 0 saturated heterocycles. The Morgan fingerprint density at radius 2 is 1.86 bits per heavy atom. The smallest absolute Gasteiger partial charge is 0.403 e. The van der Waals surface area contributed by atoms with Crippen LogP contribution >= 0.6 is 0 Å². The second-order valence-corrected chi connectivity index (χ2v) is 5.92. The first-order chi connectivity index (χ1) is 13.3. The standard InChI is InChI=1S/C19H16F3N3O3/c1-2-15-23-17-13(9-6-10-14(17)28-19(20,21)22)18(27)25(15)24-16(26)11-12-7-4-3-5-8-12/h3-10H,2,11H2,1H3,(H,24,26). The highest BCUT2D eigenvalue weighted by molar-refractivity contribution is 5.87. The molecule has 28 heavy (non-hydrogen) atoms. The van der Waals surface area contributed by atoms with Gasteiger partial charge in [0, 0.05) is 6.42 Å². The number of aryl methyl sites for hydroxylation is 1. The van der Waals surface area contributed by atoms with E-state index in [-0.39, 0.29) is 29.6 Å². The van der Waals surface area contributed by atoms with E-state index in [1.165, 1.54) is 12.1 Å². The highest BCUT2D eigenvalue weighted by Crippen LogP contribution is 2.28. The normalized spacial score (nSPS) is 11.4. The molecule has 0 saturated carbocycles. The number of hydrogen-bond donors (Lipinski definition) is 1. The second kappa shape index (κ2) is 7.71. The summed E-state index contributed by atoms with van der Waals surface area (Å²) in [4.78, 5) is 29.2. The number of carbonyl (C=O) groups excluding carboxylic acids is 1. The van der Waals surface area contributed by atoms with Crippen molar-refractivity contribution in [3.8, 4) is 5.75 Å². The first kappa shape index (κ1) is 19.4. The van der Waals surface area contributed by atoms with Gasteiger partial charge in [0.05, 0.1) is 11.8 Å². The lowest BCUT2D eigenvalue weighted by atomic mass is 10.1. The van der Waals surface area contributed by atoms with Crippen molar-refractivity contribution in [1.29, 1.82) is 0 Å². The molecule has 0 aliphatic carbocycles. The van der Waals surface area contributed by atoms with Crippen LogP contribution in [0.5, 0.6) is 5.75 Å². The highest BCUT2D eigenvalue weighted by atomic mass is 19.4. The Morgan fingerprint density at radius 1 is 1.14 bits per heavy atom. The number of alkyl halides is 3. The minimum Gasteiger partial charge on any atom is -0.403 e. The Labute approximate surface area is 157 Å². The zero-order chi connectivity index (χ0) is 20.3. The zero-order valence-electron chi connectivity index (χ0n) is 14.8. The molecule has 1 aromatic heterocycles. The molecule has 0 radical (unpaired) electrons. The lowest BCUT2D eigenvalue weighted by molar-refractivity contribution is -0.274. The Morgan fingerprint density at radius 3 is 2.50 bits per heavy atom. The molecule has 0 unspecified atom stereocenters. The number of benzene rings is 2. The molecular weight excluding hydrogens is 375 g/mol. The van der Waals surface area contributed by atoms with Crippen molar-refractivity contribution in [2.24, 2.45) is 0 Å². The van der Waals surface area contributed by atoms with Gasteiger partial charge < -0.3 is 4.74 Å². The quantitative estimate of drug-likeness (QED) is 0.725. The number of nitrogens with zero attached hydrogens (tertiary/aromatic N) is 2. The Hall–Kier alpha value is -3.36. The molecule has 9 heteroatoms. The third-order valence-electron chi connectivity index (χ3n) is 3.92. The van der Waals surface area contributed by atoms with Gasteiger partial charge in [-0.2, -0.15) is 0 Å². The molecule has 0 atom stereocenters. The SMILES string of the molecule is CCc1nc2c(OC(F)(F)F)cccc2c(=O)n1NC(=O)Cc1ccccc1. The number of halogens is 3. The van der Waals surface area contributed by atoms with Gasteiger partial charge in [0.15, 0.2) is 5.75 Å². The van der Waals surface area contributed by atoms with Crippen molar-refractivity contribution in [2.45, 2.75) is 26.1 Å². The van der Waals surface area contributed by atoms with Crippen LogP contribution in [0, 0.1) is 0 Å². The fraction of sp³-hybridized carbons (Fsp3) is 0.211. The monoisotopic (exact) mass is 391 g/mol. The summed E-state index contributed by atoms with van der Waals surface area (Å²) >= 11 is 0. The Balaban J connectivity index is 2.00. The van der Waals surface area contributed by atoms with Crippen LogP contribution in [0.3, 0.4) is 0 Å². The number of para-hydroxylation sites is 1. The van der Waals surface area contributed by atoms with Gasteiger partial charge in [-0.25, -0.2) is 9.66 Å². The minimum atomic E-state index is -4.92. The number of hydrogen-bond acceptors (Lipinski definition) is 4. The summed E-state index contributed by atoms with van der Waals surface area (Å²) in [5, 5.41) is -0.0982. The lowest BCUT2D eigenvalue weighted by Gasteiger charge is -2.15. The van der Waals surface area contributed by atoms with E-state index >= 15 is 0 Å². The van der Waals surface area contributed by atoms with Crippen LogP contribution < -0.4 is 15.7 Å². The van der Waals surface area contributed by atoms with E-state index in [0.29, 0.717) is 0 Å². The predicted molar refractivity (Wildman–Crippen MR) is 96.6 cm³/mol. The first-order valence-electron chi connectivity index (χ1n) is 8.42. The van der Waals surface area contributed by atoms with Crippen LogP contribution in [-0.4, -0.2) is 21.9 Å². The number of carbonyl (C=O) groups is 1. The number of rotatable bonds is 5. The summed E-state index contributed by atoms with van der Waals surface area (Å²) in [5.41, 5.74) is 2.33. The fourth-order valence-corrected chi connectivity index (χ4v) is 2.73. The highest BCUT2D eigenvalue weighted by Gasteiger charge is 2.32. The first-order valence-corrected chi connectivity index (χ1v) is 8.42. The topological polar surface area (TPSA) is 73.2 Å². The third kappa shape index (κ3) is 4.30. The van der Waals surface area contributed by atoms with Gasteiger partial charge in [-0.3, -0.25) is 15.0 Å². The van der Waals surface area contributed by atoms with E-state index in [0.717, 1.165) is 16.3 Å². The van der Waals surface area contributed by atoms with Crippen molar-refractivity contribution in [1.82, 2.24) is 9.66 Å². The molecule has 0 fully saturated rings. The van der Waals surface area contributed by atoms with Gasteiger partial charge in [0.2, 0.25) is 5.91 Å². The average molecular weight is 391 g/mol. The van der Waals surface area contributed by atoms with E-state index in [2.05, 4.69) is 15.1 Å². The average Bonchev–Trinajstić information content (AvgIpc) is 2.64. The maximum absolute atomic E-state index is 12.8. The summed E-state index contributed by atoms with van der Waals surface area (Å²) in [6.07, 6.45) is -4.68. The van der Waals surface area contributed by atoms with Crippen LogP contribution in [0.1, 0.15) is 18.3 Å². The molecule has 3 rings (SSSR count).